The zero-order chi connectivity index (χ0) is 9.72. The highest BCUT2D eigenvalue weighted by molar-refractivity contribution is 8.14. The van der Waals surface area contributed by atoms with Crippen molar-refractivity contribution < 1.29 is 19.5 Å². The van der Waals surface area contributed by atoms with Crippen LogP contribution >= 0.6 is 11.8 Å². The lowest BCUT2D eigenvalue weighted by atomic mass is 10.2. The van der Waals surface area contributed by atoms with E-state index in [1.165, 1.54) is 13.8 Å². The zero-order valence-electron chi connectivity index (χ0n) is 6.86. The first kappa shape index (κ1) is 11.2. The third kappa shape index (κ3) is 4.90. The largest absolute Gasteiger partial charge is 0.480 e. The molecule has 1 N–H and O–H groups in total. The Morgan fingerprint density at radius 2 is 1.83 bits per heavy atom. The second kappa shape index (κ2) is 4.92. The maximum Gasteiger partial charge on any atom is 0.317 e. The van der Waals surface area contributed by atoms with Crippen LogP contribution in [0.1, 0.15) is 20.3 Å². The average Bonchev–Trinajstić information content (AvgIpc) is 1.83. The molecule has 0 heterocycles. The number of ketones is 1. The van der Waals surface area contributed by atoms with Crippen LogP contribution in [-0.2, 0) is 14.4 Å². The molecule has 0 saturated carbocycles. The van der Waals surface area contributed by atoms with Gasteiger partial charge in [0.05, 0.1) is 0 Å². The summed E-state index contributed by atoms with van der Waals surface area (Å²) in [7, 11) is 0. The van der Waals surface area contributed by atoms with E-state index < -0.39 is 11.2 Å². The highest BCUT2D eigenvalue weighted by Crippen LogP contribution is 2.15. The van der Waals surface area contributed by atoms with E-state index in [2.05, 4.69) is 0 Å². The molecule has 68 valence electrons. The minimum Gasteiger partial charge on any atom is -0.480 e. The number of aliphatic carboxylic acids is 1. The third-order valence-corrected chi connectivity index (χ3v) is 2.04. The Bertz CT molecular complexity index is 195. The SMILES string of the molecule is CC(=O)CC(SC(C)=O)C(=O)O. The summed E-state index contributed by atoms with van der Waals surface area (Å²) in [6, 6.07) is 0. The average molecular weight is 190 g/mol. The van der Waals surface area contributed by atoms with Gasteiger partial charge in [0.25, 0.3) is 0 Å². The first-order valence-corrected chi connectivity index (χ1v) is 4.21. The summed E-state index contributed by atoms with van der Waals surface area (Å²) in [5, 5.41) is 7.33. The van der Waals surface area contributed by atoms with E-state index in [4.69, 9.17) is 5.11 Å². The molecule has 0 aromatic carbocycles. The van der Waals surface area contributed by atoms with Crippen molar-refractivity contribution in [2.45, 2.75) is 25.5 Å². The van der Waals surface area contributed by atoms with Crippen molar-refractivity contribution in [3.8, 4) is 0 Å². The fraction of sp³-hybridized carbons (Fsp3) is 0.571. The van der Waals surface area contributed by atoms with Crippen molar-refractivity contribution in [2.75, 3.05) is 0 Å². The molecule has 1 unspecified atom stereocenters. The molecule has 0 bridgehead atoms. The van der Waals surface area contributed by atoms with Crippen molar-refractivity contribution in [3.63, 3.8) is 0 Å². The Hall–Kier alpha value is -0.840. The lowest BCUT2D eigenvalue weighted by Crippen LogP contribution is -2.20. The van der Waals surface area contributed by atoms with E-state index in [1.807, 2.05) is 0 Å². The van der Waals surface area contributed by atoms with Crippen molar-refractivity contribution in [3.05, 3.63) is 0 Å². The first-order chi connectivity index (χ1) is 5.43. The summed E-state index contributed by atoms with van der Waals surface area (Å²) >= 11 is 0.677. The van der Waals surface area contributed by atoms with Crippen molar-refractivity contribution in [1.29, 1.82) is 0 Å². The van der Waals surface area contributed by atoms with E-state index in [-0.39, 0.29) is 17.3 Å². The molecule has 0 fully saturated rings. The van der Waals surface area contributed by atoms with Crippen molar-refractivity contribution in [1.82, 2.24) is 0 Å². The quantitative estimate of drug-likeness (QED) is 0.706. The molecule has 0 aromatic rings. The number of hydrogen-bond donors (Lipinski definition) is 1. The molecular formula is C7H10O4S. The molecule has 0 radical (unpaired) electrons. The van der Waals surface area contributed by atoms with Crippen LogP contribution < -0.4 is 0 Å². The van der Waals surface area contributed by atoms with Gasteiger partial charge in [0.15, 0.2) is 5.12 Å². The van der Waals surface area contributed by atoms with Crippen LogP contribution in [0.15, 0.2) is 0 Å². The molecule has 1 atom stereocenters. The monoisotopic (exact) mass is 190 g/mol. The summed E-state index contributed by atoms with van der Waals surface area (Å²) in [4.78, 5) is 31.5. The summed E-state index contributed by atoms with van der Waals surface area (Å²) < 4.78 is 0. The second-order valence-corrected chi connectivity index (χ2v) is 3.72. The normalized spacial score (nSPS) is 12.2. The molecule has 12 heavy (non-hydrogen) atoms. The van der Waals surface area contributed by atoms with E-state index >= 15 is 0 Å². The lowest BCUT2D eigenvalue weighted by Gasteiger charge is -2.06. The summed E-state index contributed by atoms with van der Waals surface area (Å²) in [6.07, 6.45) is -0.0976. The number of rotatable bonds is 4. The number of thioether (sulfide) groups is 1. The van der Waals surface area contributed by atoms with Gasteiger partial charge in [0.2, 0.25) is 0 Å². The lowest BCUT2D eigenvalue weighted by molar-refractivity contribution is -0.137. The van der Waals surface area contributed by atoms with Gasteiger partial charge in [-0.1, -0.05) is 11.8 Å². The van der Waals surface area contributed by atoms with Crippen LogP contribution in [0.4, 0.5) is 0 Å². The Kier molecular flexibility index (Phi) is 4.58. The predicted molar refractivity (Wildman–Crippen MR) is 45.0 cm³/mol. The number of carbonyl (C=O) groups is 3. The van der Waals surface area contributed by atoms with Crippen LogP contribution in [0, 0.1) is 0 Å². The maximum absolute atomic E-state index is 10.6. The molecule has 0 aromatic heterocycles. The molecule has 5 heteroatoms. The predicted octanol–water partition coefficient (Wildman–Crippen LogP) is 0.698. The van der Waals surface area contributed by atoms with E-state index in [9.17, 15) is 14.4 Å². The molecule has 0 saturated heterocycles. The Balaban J connectivity index is 4.14. The third-order valence-electron chi connectivity index (χ3n) is 1.06. The van der Waals surface area contributed by atoms with Crippen LogP contribution in [-0.4, -0.2) is 27.2 Å². The Labute approximate surface area is 74.3 Å². The molecule has 0 aliphatic carbocycles. The number of hydrogen-bond acceptors (Lipinski definition) is 4. The second-order valence-electron chi connectivity index (χ2n) is 2.34. The maximum atomic E-state index is 10.6. The number of carboxylic acids is 1. The van der Waals surface area contributed by atoms with Crippen molar-refractivity contribution in [2.24, 2.45) is 0 Å². The van der Waals surface area contributed by atoms with Crippen LogP contribution in [0.25, 0.3) is 0 Å². The van der Waals surface area contributed by atoms with Gasteiger partial charge in [-0.15, -0.1) is 0 Å². The fourth-order valence-corrected chi connectivity index (χ4v) is 1.46. The highest BCUT2D eigenvalue weighted by atomic mass is 32.2. The van der Waals surface area contributed by atoms with Gasteiger partial charge < -0.3 is 5.11 Å². The minimum atomic E-state index is -1.12. The molecule has 0 spiro atoms. The Morgan fingerprint density at radius 1 is 1.33 bits per heavy atom. The summed E-state index contributed by atoms with van der Waals surface area (Å²) in [5.41, 5.74) is 0. The van der Waals surface area contributed by atoms with Crippen molar-refractivity contribution >= 4 is 28.6 Å². The highest BCUT2D eigenvalue weighted by Gasteiger charge is 2.21. The van der Waals surface area contributed by atoms with Gasteiger partial charge in [-0.05, 0) is 6.92 Å². The van der Waals surface area contributed by atoms with E-state index in [1.54, 1.807) is 0 Å². The standard InChI is InChI=1S/C7H10O4S/c1-4(8)3-6(7(10)11)12-5(2)9/h6H,3H2,1-2H3,(H,10,11). The van der Waals surface area contributed by atoms with Crippen LogP contribution in [0.3, 0.4) is 0 Å². The number of carbonyl (C=O) groups excluding carboxylic acids is 2. The fourth-order valence-electron chi connectivity index (χ4n) is 0.641. The molecular weight excluding hydrogens is 180 g/mol. The van der Waals surface area contributed by atoms with Gasteiger partial charge in [0, 0.05) is 13.3 Å². The zero-order valence-corrected chi connectivity index (χ0v) is 7.68. The minimum absolute atomic E-state index is 0.0976. The van der Waals surface area contributed by atoms with Gasteiger partial charge in [0.1, 0.15) is 11.0 Å². The van der Waals surface area contributed by atoms with Gasteiger partial charge in [-0.3, -0.25) is 14.4 Å². The topological polar surface area (TPSA) is 71.4 Å². The van der Waals surface area contributed by atoms with E-state index in [0.717, 1.165) is 0 Å². The molecule has 0 aliphatic rings. The molecule has 4 nitrogen and oxygen atoms in total. The molecule has 0 rings (SSSR count). The van der Waals surface area contributed by atoms with Gasteiger partial charge in [-0.2, -0.15) is 0 Å². The van der Waals surface area contributed by atoms with Crippen LogP contribution in [0.2, 0.25) is 0 Å². The van der Waals surface area contributed by atoms with Crippen LogP contribution in [0.5, 0.6) is 0 Å². The molecule has 0 aliphatic heterocycles. The summed E-state index contributed by atoms with van der Waals surface area (Å²) in [5.74, 6) is -1.35. The molecule has 0 amide bonds. The van der Waals surface area contributed by atoms with Gasteiger partial charge >= 0.3 is 5.97 Å². The Morgan fingerprint density at radius 3 is 2.08 bits per heavy atom. The summed E-state index contributed by atoms with van der Waals surface area (Å²) in [6.45, 7) is 2.58. The van der Waals surface area contributed by atoms with E-state index in [0.29, 0.717) is 11.8 Å². The van der Waals surface area contributed by atoms with Gasteiger partial charge in [-0.25, -0.2) is 0 Å². The first-order valence-electron chi connectivity index (χ1n) is 3.33. The number of Topliss-reactive ketones (excluding diaryl/α,β-unsaturated/α-hetero) is 1. The smallest absolute Gasteiger partial charge is 0.317 e. The number of carboxylic acid groups (broad SMARTS) is 1.